The second-order valence-corrected chi connectivity index (χ2v) is 4.27. The molecule has 0 aliphatic heterocycles. The molecular formula is C10H13IN2O3. The molecule has 3 N–H and O–H groups in total. The van der Waals surface area contributed by atoms with Gasteiger partial charge in [-0.25, -0.2) is 5.84 Å². The van der Waals surface area contributed by atoms with Gasteiger partial charge in [-0.2, -0.15) is 0 Å². The first-order valence-corrected chi connectivity index (χ1v) is 5.67. The summed E-state index contributed by atoms with van der Waals surface area (Å²) < 4.78 is 11.4. The predicted molar refractivity (Wildman–Crippen MR) is 67.8 cm³/mol. The summed E-state index contributed by atoms with van der Waals surface area (Å²) in [5.74, 6) is 5.24. The first kappa shape index (κ1) is 13.2. The Hall–Kier alpha value is -0.860. The number of rotatable bonds is 5. The van der Waals surface area contributed by atoms with Crippen molar-refractivity contribution in [1.29, 1.82) is 0 Å². The van der Waals surface area contributed by atoms with Crippen LogP contribution in [0.15, 0.2) is 24.3 Å². The highest BCUT2D eigenvalue weighted by Gasteiger charge is 2.19. The van der Waals surface area contributed by atoms with E-state index in [4.69, 9.17) is 15.3 Å². The highest BCUT2D eigenvalue weighted by Crippen LogP contribution is 2.16. The first-order valence-electron chi connectivity index (χ1n) is 4.59. The molecule has 0 aliphatic rings. The summed E-state index contributed by atoms with van der Waals surface area (Å²) >= 11 is 2.16. The number of ether oxygens (including phenoxy) is 2. The van der Waals surface area contributed by atoms with Gasteiger partial charge in [0.15, 0.2) is 0 Å². The Kier molecular flexibility index (Phi) is 5.50. The van der Waals surface area contributed by atoms with Crippen LogP contribution in [-0.2, 0) is 9.53 Å². The summed E-state index contributed by atoms with van der Waals surface area (Å²) in [6.07, 6.45) is -0.742. The van der Waals surface area contributed by atoms with Crippen molar-refractivity contribution in [3.63, 3.8) is 0 Å². The zero-order valence-corrected chi connectivity index (χ0v) is 10.9. The second kappa shape index (κ2) is 6.66. The molecule has 1 unspecified atom stereocenters. The van der Waals surface area contributed by atoms with E-state index in [0.29, 0.717) is 5.75 Å². The SMILES string of the molecule is COCC(Oc1cccc(I)c1)C(=O)NN. The van der Waals surface area contributed by atoms with Gasteiger partial charge in [-0.15, -0.1) is 0 Å². The van der Waals surface area contributed by atoms with Crippen molar-refractivity contribution in [2.45, 2.75) is 6.10 Å². The first-order chi connectivity index (χ1) is 7.67. The molecule has 1 aromatic carbocycles. The van der Waals surface area contributed by atoms with E-state index in [1.54, 1.807) is 6.07 Å². The third-order valence-electron chi connectivity index (χ3n) is 1.83. The number of carbonyl (C=O) groups is 1. The molecule has 6 heteroatoms. The minimum Gasteiger partial charge on any atom is -0.478 e. The number of hydrazine groups is 1. The van der Waals surface area contributed by atoms with Gasteiger partial charge >= 0.3 is 0 Å². The quantitative estimate of drug-likeness (QED) is 0.359. The van der Waals surface area contributed by atoms with Crippen LogP contribution in [-0.4, -0.2) is 25.7 Å². The molecule has 0 fully saturated rings. The molecule has 88 valence electrons. The minimum absolute atomic E-state index is 0.147. The minimum atomic E-state index is -0.742. The Balaban J connectivity index is 2.71. The van der Waals surface area contributed by atoms with Crippen LogP contribution in [0.5, 0.6) is 5.75 Å². The lowest BCUT2D eigenvalue weighted by atomic mass is 10.3. The van der Waals surface area contributed by atoms with Gasteiger partial charge in [0.1, 0.15) is 5.75 Å². The Morgan fingerprint density at radius 1 is 1.62 bits per heavy atom. The molecule has 0 saturated heterocycles. The molecule has 1 rings (SSSR count). The van der Waals surface area contributed by atoms with Gasteiger partial charge in [-0.1, -0.05) is 6.07 Å². The normalized spacial score (nSPS) is 11.9. The van der Waals surface area contributed by atoms with Crippen LogP contribution in [0, 0.1) is 3.57 Å². The van der Waals surface area contributed by atoms with Crippen LogP contribution in [0.25, 0.3) is 0 Å². The van der Waals surface area contributed by atoms with Gasteiger partial charge in [0.2, 0.25) is 6.10 Å². The topological polar surface area (TPSA) is 73.6 Å². The number of nitrogens with one attached hydrogen (secondary N) is 1. The molecule has 0 aromatic heterocycles. The fraction of sp³-hybridized carbons (Fsp3) is 0.300. The van der Waals surface area contributed by atoms with E-state index in [1.165, 1.54) is 7.11 Å². The molecule has 5 nitrogen and oxygen atoms in total. The molecule has 1 amide bonds. The second-order valence-electron chi connectivity index (χ2n) is 3.03. The highest BCUT2D eigenvalue weighted by atomic mass is 127. The van der Waals surface area contributed by atoms with E-state index in [-0.39, 0.29) is 6.61 Å². The van der Waals surface area contributed by atoms with Crippen molar-refractivity contribution >= 4 is 28.5 Å². The van der Waals surface area contributed by atoms with E-state index in [2.05, 4.69) is 22.6 Å². The largest absolute Gasteiger partial charge is 0.478 e. The number of hydrogen-bond donors (Lipinski definition) is 2. The van der Waals surface area contributed by atoms with Crippen molar-refractivity contribution in [3.05, 3.63) is 27.8 Å². The van der Waals surface area contributed by atoms with E-state index >= 15 is 0 Å². The summed E-state index contributed by atoms with van der Waals surface area (Å²) in [7, 11) is 1.49. The molecule has 16 heavy (non-hydrogen) atoms. The molecule has 0 heterocycles. The maximum atomic E-state index is 11.3. The third kappa shape index (κ3) is 3.95. The summed E-state index contributed by atoms with van der Waals surface area (Å²) in [5.41, 5.74) is 2.04. The zero-order valence-electron chi connectivity index (χ0n) is 8.77. The standard InChI is InChI=1S/C10H13IN2O3/c1-15-6-9(10(14)13-12)16-8-4-2-3-7(11)5-8/h2-5,9H,6,12H2,1H3,(H,13,14). The molecule has 0 bridgehead atoms. The van der Waals surface area contributed by atoms with Crippen molar-refractivity contribution in [2.24, 2.45) is 5.84 Å². The van der Waals surface area contributed by atoms with Crippen LogP contribution in [0.3, 0.4) is 0 Å². The van der Waals surface area contributed by atoms with Crippen LogP contribution < -0.4 is 16.0 Å². The number of amides is 1. The number of methoxy groups -OCH3 is 1. The maximum Gasteiger partial charge on any atom is 0.277 e. The van der Waals surface area contributed by atoms with E-state index in [0.717, 1.165) is 3.57 Å². The number of carbonyl (C=O) groups excluding carboxylic acids is 1. The number of halogens is 1. The fourth-order valence-electron chi connectivity index (χ4n) is 1.11. The maximum absolute atomic E-state index is 11.3. The highest BCUT2D eigenvalue weighted by molar-refractivity contribution is 14.1. The van der Waals surface area contributed by atoms with Gasteiger partial charge in [0, 0.05) is 10.7 Å². The van der Waals surface area contributed by atoms with E-state index in [9.17, 15) is 4.79 Å². The van der Waals surface area contributed by atoms with Gasteiger partial charge in [-0.3, -0.25) is 10.2 Å². The number of hydrogen-bond acceptors (Lipinski definition) is 4. The summed E-state index contributed by atoms with van der Waals surface area (Å²) in [4.78, 5) is 11.3. The van der Waals surface area contributed by atoms with Gasteiger partial charge < -0.3 is 9.47 Å². The van der Waals surface area contributed by atoms with Crippen molar-refractivity contribution in [1.82, 2.24) is 5.43 Å². The van der Waals surface area contributed by atoms with E-state index in [1.807, 2.05) is 23.6 Å². The van der Waals surface area contributed by atoms with Crippen LogP contribution in [0.2, 0.25) is 0 Å². The third-order valence-corrected chi connectivity index (χ3v) is 2.50. The summed E-state index contributed by atoms with van der Waals surface area (Å²) in [6.45, 7) is 0.147. The Labute approximate surface area is 107 Å². The lowest BCUT2D eigenvalue weighted by Crippen LogP contribution is -2.44. The van der Waals surface area contributed by atoms with Gasteiger partial charge in [-0.05, 0) is 40.8 Å². The van der Waals surface area contributed by atoms with Gasteiger partial charge in [0.25, 0.3) is 5.91 Å². The average Bonchev–Trinajstić information content (AvgIpc) is 2.27. The lowest BCUT2D eigenvalue weighted by molar-refractivity contribution is -0.130. The Bertz CT molecular complexity index is 360. The van der Waals surface area contributed by atoms with Crippen LogP contribution in [0.4, 0.5) is 0 Å². The monoisotopic (exact) mass is 336 g/mol. The van der Waals surface area contributed by atoms with Gasteiger partial charge in [0.05, 0.1) is 6.61 Å². The molecule has 0 spiro atoms. The van der Waals surface area contributed by atoms with Crippen LogP contribution in [0.1, 0.15) is 0 Å². The average molecular weight is 336 g/mol. The molecular weight excluding hydrogens is 323 g/mol. The molecule has 1 aromatic rings. The molecule has 0 aliphatic carbocycles. The van der Waals surface area contributed by atoms with Crippen molar-refractivity contribution < 1.29 is 14.3 Å². The Morgan fingerprint density at radius 3 is 2.94 bits per heavy atom. The molecule has 0 radical (unpaired) electrons. The van der Waals surface area contributed by atoms with E-state index < -0.39 is 12.0 Å². The predicted octanol–water partition coefficient (Wildman–Crippen LogP) is 0.675. The Morgan fingerprint density at radius 2 is 2.38 bits per heavy atom. The molecule has 1 atom stereocenters. The van der Waals surface area contributed by atoms with Crippen molar-refractivity contribution in [3.8, 4) is 5.75 Å². The number of benzene rings is 1. The summed E-state index contributed by atoms with van der Waals surface area (Å²) in [6, 6.07) is 7.38. The molecule has 0 saturated carbocycles. The zero-order chi connectivity index (χ0) is 12.0. The lowest BCUT2D eigenvalue weighted by Gasteiger charge is -2.16. The van der Waals surface area contributed by atoms with Crippen LogP contribution >= 0.6 is 22.6 Å². The smallest absolute Gasteiger partial charge is 0.277 e. The fourth-order valence-corrected chi connectivity index (χ4v) is 1.63. The summed E-state index contributed by atoms with van der Waals surface area (Å²) in [5, 5.41) is 0. The number of nitrogens with two attached hydrogens (primary N) is 1. The van der Waals surface area contributed by atoms with Crippen molar-refractivity contribution in [2.75, 3.05) is 13.7 Å².